The first-order chi connectivity index (χ1) is 16.6. The van der Waals surface area contributed by atoms with Gasteiger partial charge in [-0.3, -0.25) is 9.52 Å². The lowest BCUT2D eigenvalue weighted by Gasteiger charge is -2.19. The Balaban J connectivity index is 1.65. The number of hydrogen-bond donors (Lipinski definition) is 3. The highest BCUT2D eigenvalue weighted by molar-refractivity contribution is 7.84. The van der Waals surface area contributed by atoms with Crippen molar-refractivity contribution in [2.45, 2.75) is 32.9 Å². The summed E-state index contributed by atoms with van der Waals surface area (Å²) in [7, 11) is 0. The number of nitrogens with zero attached hydrogens (tertiary/aromatic N) is 1. The SMILES string of the molecule is CC(C)(C)OC(=O)NS(=O)Nc1ccc(-c2ccccc2C(=O)NCc2ccc(C#N)cc2)cc1. The van der Waals surface area contributed by atoms with E-state index in [-0.39, 0.29) is 5.91 Å². The number of ether oxygens (including phenoxy) is 1. The second-order valence-corrected chi connectivity index (χ2v) is 9.53. The van der Waals surface area contributed by atoms with Gasteiger partial charge in [-0.05, 0) is 67.8 Å². The van der Waals surface area contributed by atoms with E-state index in [2.05, 4.69) is 20.8 Å². The topological polar surface area (TPSA) is 120 Å². The van der Waals surface area contributed by atoms with E-state index < -0.39 is 22.9 Å². The summed E-state index contributed by atoms with van der Waals surface area (Å²) in [6.07, 6.45) is -0.791. The smallest absolute Gasteiger partial charge is 0.420 e. The summed E-state index contributed by atoms with van der Waals surface area (Å²) in [5, 5.41) is 11.8. The lowest BCUT2D eigenvalue weighted by atomic mass is 9.99. The van der Waals surface area contributed by atoms with Crippen LogP contribution >= 0.6 is 0 Å². The predicted octanol–water partition coefficient (Wildman–Crippen LogP) is 4.67. The molecule has 0 heterocycles. The Hall–Kier alpha value is -4.16. The molecule has 0 bridgehead atoms. The van der Waals surface area contributed by atoms with Gasteiger partial charge < -0.3 is 10.1 Å². The van der Waals surface area contributed by atoms with Gasteiger partial charge in [-0.25, -0.2) is 13.7 Å². The molecule has 0 aliphatic rings. The number of nitrogens with one attached hydrogen (secondary N) is 3. The van der Waals surface area contributed by atoms with Crippen LogP contribution in [0.4, 0.5) is 10.5 Å². The summed E-state index contributed by atoms with van der Waals surface area (Å²) in [4.78, 5) is 24.6. The Bertz CT molecular complexity index is 1260. The van der Waals surface area contributed by atoms with Crippen molar-refractivity contribution >= 4 is 28.9 Å². The molecule has 8 nitrogen and oxygen atoms in total. The fourth-order valence-corrected chi connectivity index (χ4v) is 3.73. The summed E-state index contributed by atoms with van der Waals surface area (Å²) in [5.41, 5.74) is 3.32. The van der Waals surface area contributed by atoms with Gasteiger partial charge in [-0.2, -0.15) is 5.26 Å². The van der Waals surface area contributed by atoms with Gasteiger partial charge in [0.1, 0.15) is 5.60 Å². The molecule has 0 saturated heterocycles. The summed E-state index contributed by atoms with van der Waals surface area (Å²) < 4.78 is 22.1. The van der Waals surface area contributed by atoms with Crippen LogP contribution in [0.1, 0.15) is 42.3 Å². The molecule has 0 aliphatic carbocycles. The molecule has 3 aromatic rings. The Kier molecular flexibility index (Phi) is 8.23. The molecule has 0 spiro atoms. The van der Waals surface area contributed by atoms with Crippen molar-refractivity contribution in [3.8, 4) is 17.2 Å². The molecule has 0 radical (unpaired) electrons. The monoisotopic (exact) mass is 490 g/mol. The molecule has 180 valence electrons. The normalized spacial score (nSPS) is 11.6. The van der Waals surface area contributed by atoms with Crippen LogP contribution < -0.4 is 14.8 Å². The average Bonchev–Trinajstić information content (AvgIpc) is 2.82. The molecule has 1 unspecified atom stereocenters. The molecule has 9 heteroatoms. The molecule has 0 saturated carbocycles. The summed E-state index contributed by atoms with van der Waals surface area (Å²) in [5.74, 6) is -0.227. The van der Waals surface area contributed by atoms with Crippen molar-refractivity contribution in [1.82, 2.24) is 10.0 Å². The van der Waals surface area contributed by atoms with Crippen molar-refractivity contribution in [3.05, 3.63) is 89.5 Å². The third-order valence-corrected chi connectivity index (χ3v) is 5.46. The van der Waals surface area contributed by atoms with Gasteiger partial charge in [0.15, 0.2) is 0 Å². The van der Waals surface area contributed by atoms with Gasteiger partial charge in [0.25, 0.3) is 5.91 Å². The molecule has 3 aromatic carbocycles. The largest absolute Gasteiger partial charge is 0.443 e. The summed E-state index contributed by atoms with van der Waals surface area (Å²) >= 11 is -1.88. The van der Waals surface area contributed by atoms with E-state index >= 15 is 0 Å². The Labute approximate surface area is 207 Å². The van der Waals surface area contributed by atoms with Gasteiger partial charge in [0, 0.05) is 17.8 Å². The maximum atomic E-state index is 12.9. The van der Waals surface area contributed by atoms with Crippen LogP contribution in [0.5, 0.6) is 0 Å². The summed E-state index contributed by atoms with van der Waals surface area (Å²) in [6, 6.07) is 23.3. The predicted molar refractivity (Wildman–Crippen MR) is 135 cm³/mol. The van der Waals surface area contributed by atoms with E-state index in [0.717, 1.165) is 16.7 Å². The zero-order valence-corrected chi connectivity index (χ0v) is 20.4. The Morgan fingerprint density at radius 1 is 0.971 bits per heavy atom. The first-order valence-electron chi connectivity index (χ1n) is 10.8. The highest BCUT2D eigenvalue weighted by atomic mass is 32.2. The van der Waals surface area contributed by atoms with Crippen molar-refractivity contribution < 1.29 is 18.5 Å². The van der Waals surface area contributed by atoms with E-state index in [0.29, 0.717) is 23.4 Å². The van der Waals surface area contributed by atoms with E-state index in [1.54, 1.807) is 81.4 Å². The highest BCUT2D eigenvalue weighted by Crippen LogP contribution is 2.25. The number of benzene rings is 3. The van der Waals surface area contributed by atoms with Crippen LogP contribution in [-0.4, -0.2) is 21.8 Å². The van der Waals surface area contributed by atoms with Gasteiger partial charge >= 0.3 is 6.09 Å². The molecular weight excluding hydrogens is 464 g/mol. The van der Waals surface area contributed by atoms with Crippen LogP contribution in [0.25, 0.3) is 11.1 Å². The fourth-order valence-electron chi connectivity index (χ4n) is 3.13. The zero-order chi connectivity index (χ0) is 25.4. The number of nitriles is 1. The molecule has 1 atom stereocenters. The molecule has 3 rings (SSSR count). The maximum Gasteiger partial charge on any atom is 0.420 e. The molecule has 3 N–H and O–H groups in total. The maximum absolute atomic E-state index is 12.9. The van der Waals surface area contributed by atoms with Crippen LogP contribution in [0, 0.1) is 11.3 Å². The highest BCUT2D eigenvalue weighted by Gasteiger charge is 2.18. The third kappa shape index (κ3) is 7.69. The quantitative estimate of drug-likeness (QED) is 0.444. The van der Waals surface area contributed by atoms with Crippen molar-refractivity contribution in [2.75, 3.05) is 4.72 Å². The molecule has 35 heavy (non-hydrogen) atoms. The van der Waals surface area contributed by atoms with E-state index in [1.165, 1.54) is 0 Å². The van der Waals surface area contributed by atoms with Gasteiger partial charge in [0.05, 0.1) is 11.6 Å². The number of rotatable bonds is 7. The molecule has 2 amide bonds. The van der Waals surface area contributed by atoms with E-state index in [4.69, 9.17) is 10.00 Å². The van der Waals surface area contributed by atoms with Gasteiger partial charge in [-0.15, -0.1) is 0 Å². The minimum absolute atomic E-state index is 0.227. The second kappa shape index (κ2) is 11.3. The van der Waals surface area contributed by atoms with Crippen molar-refractivity contribution in [2.24, 2.45) is 0 Å². The molecular formula is C26H26N4O4S. The fraction of sp³-hybridized carbons (Fsp3) is 0.192. The Morgan fingerprint density at radius 2 is 1.63 bits per heavy atom. The first-order valence-corrected chi connectivity index (χ1v) is 11.9. The van der Waals surface area contributed by atoms with Crippen molar-refractivity contribution in [3.63, 3.8) is 0 Å². The van der Waals surface area contributed by atoms with Crippen molar-refractivity contribution in [1.29, 1.82) is 5.26 Å². The standard InChI is InChI=1S/C26H26N4O4S/c1-26(2,3)34-25(32)30-35(33)29-21-14-12-20(13-15-21)22-6-4-5-7-23(22)24(31)28-17-19-10-8-18(16-27)9-11-19/h4-15,29H,17H2,1-3H3,(H,28,31)(H,30,32). The number of anilines is 1. The summed E-state index contributed by atoms with van der Waals surface area (Å²) in [6.45, 7) is 5.48. The van der Waals surface area contributed by atoms with E-state index in [9.17, 15) is 13.8 Å². The third-order valence-electron chi connectivity index (χ3n) is 4.69. The number of carbonyl (C=O) groups is 2. The molecule has 0 aromatic heterocycles. The first kappa shape index (κ1) is 25.5. The van der Waals surface area contributed by atoms with Crippen LogP contribution in [0.3, 0.4) is 0 Å². The minimum Gasteiger partial charge on any atom is -0.443 e. The Morgan fingerprint density at radius 3 is 2.26 bits per heavy atom. The molecule has 0 aliphatic heterocycles. The number of carbonyl (C=O) groups excluding carboxylic acids is 2. The minimum atomic E-state index is -1.88. The molecule has 0 fully saturated rings. The van der Waals surface area contributed by atoms with E-state index in [1.807, 2.05) is 12.1 Å². The van der Waals surface area contributed by atoms with Crippen LogP contribution in [0.15, 0.2) is 72.8 Å². The second-order valence-electron chi connectivity index (χ2n) is 8.59. The van der Waals surface area contributed by atoms with Gasteiger partial charge in [-0.1, -0.05) is 42.5 Å². The lowest BCUT2D eigenvalue weighted by molar-refractivity contribution is 0.0572. The zero-order valence-electron chi connectivity index (χ0n) is 19.6. The van der Waals surface area contributed by atoms with Crippen LogP contribution in [-0.2, 0) is 22.5 Å². The average molecular weight is 491 g/mol. The lowest BCUT2D eigenvalue weighted by Crippen LogP contribution is -2.35. The van der Waals surface area contributed by atoms with Gasteiger partial charge in [0.2, 0.25) is 11.2 Å². The number of amides is 2. The van der Waals surface area contributed by atoms with Crippen LogP contribution in [0.2, 0.25) is 0 Å². The number of hydrogen-bond acceptors (Lipinski definition) is 5.